The van der Waals surface area contributed by atoms with Gasteiger partial charge in [-0.3, -0.25) is 0 Å². The molecule has 8 heteroatoms. The topological polar surface area (TPSA) is 12.9 Å². The lowest BCUT2D eigenvalue weighted by Gasteiger charge is -2.13. The molecule has 0 atom stereocenters. The fourth-order valence-electron chi connectivity index (χ4n) is 0.941. The smallest absolute Gasteiger partial charge is 0.239 e. The molecule has 1 aromatic rings. The third-order valence-electron chi connectivity index (χ3n) is 1.46. The Balaban J connectivity index is 3.48. The molecule has 0 N–H and O–H groups in total. The van der Waals surface area contributed by atoms with Gasteiger partial charge in [0, 0.05) is 3.57 Å². The highest BCUT2D eigenvalue weighted by Crippen LogP contribution is 2.39. The van der Waals surface area contributed by atoms with Gasteiger partial charge >= 0.3 is 6.18 Å². The van der Waals surface area contributed by atoms with Crippen molar-refractivity contribution in [2.24, 2.45) is 0 Å². The van der Waals surface area contributed by atoms with E-state index in [1.54, 1.807) is 0 Å². The van der Waals surface area contributed by atoms with E-state index in [0.29, 0.717) is 0 Å². The highest BCUT2D eigenvalue weighted by Gasteiger charge is 2.39. The molecule has 1 nitrogen and oxygen atoms in total. The van der Waals surface area contributed by atoms with E-state index in [1.165, 1.54) is 22.6 Å². The van der Waals surface area contributed by atoms with Gasteiger partial charge < -0.3 is 0 Å². The number of nitrogens with zero attached hydrogens (tertiary/aromatic N) is 1. The van der Waals surface area contributed by atoms with Crippen LogP contribution in [0.1, 0.15) is 17.7 Å². The van der Waals surface area contributed by atoms with Crippen molar-refractivity contribution in [1.82, 2.24) is 4.98 Å². The summed E-state index contributed by atoms with van der Waals surface area (Å²) in [6.07, 6.45) is -8.08. The van der Waals surface area contributed by atoms with E-state index in [0.717, 1.165) is 6.07 Å². The molecule has 0 amide bonds. The Bertz CT molecular complexity index is 378. The van der Waals surface area contributed by atoms with Crippen LogP contribution in [-0.4, -0.2) is 4.98 Å². The lowest BCUT2D eigenvalue weighted by Crippen LogP contribution is -2.14. The maximum atomic E-state index is 12.4. The quantitative estimate of drug-likeness (QED) is 0.386. The molecule has 0 aliphatic carbocycles. The zero-order chi connectivity index (χ0) is 11.8. The minimum absolute atomic E-state index is 0.0461. The minimum atomic E-state index is -4.82. The number of alkyl halides is 5. The Labute approximate surface area is 103 Å². The molecule has 0 spiro atoms. The second kappa shape index (κ2) is 4.48. The van der Waals surface area contributed by atoms with Crippen LogP contribution >= 0.6 is 38.5 Å². The molecule has 0 fully saturated rings. The first-order chi connectivity index (χ1) is 6.73. The van der Waals surface area contributed by atoms with Crippen molar-refractivity contribution in [3.63, 3.8) is 0 Å². The second-order valence-electron chi connectivity index (χ2n) is 2.49. The Kier molecular flexibility index (Phi) is 3.90. The van der Waals surface area contributed by atoms with Crippen LogP contribution < -0.4 is 0 Å². The molecule has 0 bridgehead atoms. The molecule has 15 heavy (non-hydrogen) atoms. The molecule has 1 aromatic heterocycles. The maximum Gasteiger partial charge on any atom is 0.419 e. The van der Waals surface area contributed by atoms with E-state index in [2.05, 4.69) is 20.9 Å². The van der Waals surface area contributed by atoms with Crippen LogP contribution in [0.25, 0.3) is 0 Å². The van der Waals surface area contributed by atoms with Gasteiger partial charge in [-0.1, -0.05) is 0 Å². The average molecular weight is 402 g/mol. The van der Waals surface area contributed by atoms with Crippen LogP contribution in [0.4, 0.5) is 22.0 Å². The molecule has 0 aromatic carbocycles. The van der Waals surface area contributed by atoms with E-state index < -0.39 is 23.9 Å². The average Bonchev–Trinajstić information content (AvgIpc) is 1.99. The molecular weight excluding hydrogens is 400 g/mol. The summed E-state index contributed by atoms with van der Waals surface area (Å²) >= 11 is 4.11. The number of pyridine rings is 1. The highest BCUT2D eigenvalue weighted by atomic mass is 127. The van der Waals surface area contributed by atoms with E-state index in [1.807, 2.05) is 0 Å². The highest BCUT2D eigenvalue weighted by molar-refractivity contribution is 14.1. The largest absolute Gasteiger partial charge is 0.419 e. The molecule has 0 unspecified atom stereocenters. The van der Waals surface area contributed by atoms with Crippen molar-refractivity contribution in [3.8, 4) is 0 Å². The summed E-state index contributed by atoms with van der Waals surface area (Å²) in [4.78, 5) is 3.14. The van der Waals surface area contributed by atoms with Gasteiger partial charge in [0.1, 0.15) is 10.3 Å². The van der Waals surface area contributed by atoms with Gasteiger partial charge in [-0.05, 0) is 44.6 Å². The van der Waals surface area contributed by atoms with Gasteiger partial charge in [-0.25, -0.2) is 13.8 Å². The van der Waals surface area contributed by atoms with Gasteiger partial charge in [0.05, 0.1) is 5.56 Å². The molecular formula is C7H2BrF5IN. The molecule has 1 rings (SSSR count). The molecule has 0 saturated heterocycles. The minimum Gasteiger partial charge on any atom is -0.239 e. The van der Waals surface area contributed by atoms with E-state index in [9.17, 15) is 22.0 Å². The molecule has 0 radical (unpaired) electrons. The monoisotopic (exact) mass is 401 g/mol. The molecule has 84 valence electrons. The van der Waals surface area contributed by atoms with Gasteiger partial charge in [0.2, 0.25) is 0 Å². The number of halogens is 7. The second-order valence-corrected chi connectivity index (χ2v) is 4.46. The van der Waals surface area contributed by atoms with Crippen molar-refractivity contribution in [3.05, 3.63) is 25.5 Å². The van der Waals surface area contributed by atoms with Gasteiger partial charge in [-0.2, -0.15) is 13.2 Å². The summed E-state index contributed by atoms with van der Waals surface area (Å²) in [5, 5.41) is 0. The van der Waals surface area contributed by atoms with Crippen LogP contribution in [0.15, 0.2) is 10.7 Å². The summed E-state index contributed by atoms with van der Waals surface area (Å²) in [6.45, 7) is 0. The van der Waals surface area contributed by atoms with Crippen LogP contribution in [0, 0.1) is 3.57 Å². The number of rotatable bonds is 1. The van der Waals surface area contributed by atoms with Crippen molar-refractivity contribution >= 4 is 38.5 Å². The summed E-state index contributed by atoms with van der Waals surface area (Å²) in [5.74, 6) is 0. The molecule has 0 saturated carbocycles. The van der Waals surface area contributed by atoms with Crippen LogP contribution in [0.5, 0.6) is 0 Å². The predicted octanol–water partition coefficient (Wildman–Crippen LogP) is 4.41. The zero-order valence-electron chi connectivity index (χ0n) is 6.75. The Morgan fingerprint density at radius 3 is 2.27 bits per heavy atom. The van der Waals surface area contributed by atoms with Gasteiger partial charge in [-0.15, -0.1) is 0 Å². The Morgan fingerprint density at radius 1 is 1.33 bits per heavy atom. The molecule has 0 aliphatic heterocycles. The fourth-order valence-corrected chi connectivity index (χ4v) is 2.67. The lowest BCUT2D eigenvalue weighted by molar-refractivity contribution is -0.140. The predicted molar refractivity (Wildman–Crippen MR) is 54.6 cm³/mol. The van der Waals surface area contributed by atoms with E-state index >= 15 is 0 Å². The zero-order valence-corrected chi connectivity index (χ0v) is 10.5. The van der Waals surface area contributed by atoms with Crippen molar-refractivity contribution in [1.29, 1.82) is 0 Å². The Morgan fingerprint density at radius 2 is 1.87 bits per heavy atom. The first-order valence-corrected chi connectivity index (χ1v) is 5.32. The summed E-state index contributed by atoms with van der Waals surface area (Å²) < 4.78 is 61.5. The SMILES string of the molecule is FC(F)c1nc(Br)cc(I)c1C(F)(F)F. The third kappa shape index (κ3) is 2.99. The first-order valence-electron chi connectivity index (χ1n) is 3.44. The summed E-state index contributed by atoms with van der Waals surface area (Å²) in [5.41, 5.74) is -2.62. The summed E-state index contributed by atoms with van der Waals surface area (Å²) in [6, 6.07) is 1.04. The van der Waals surface area contributed by atoms with Crippen LogP contribution in [-0.2, 0) is 6.18 Å². The van der Waals surface area contributed by atoms with Crippen molar-refractivity contribution < 1.29 is 22.0 Å². The van der Waals surface area contributed by atoms with Crippen molar-refractivity contribution in [2.75, 3.05) is 0 Å². The third-order valence-corrected chi connectivity index (χ3v) is 2.72. The van der Waals surface area contributed by atoms with E-state index in [4.69, 9.17) is 0 Å². The lowest BCUT2D eigenvalue weighted by atomic mass is 10.2. The van der Waals surface area contributed by atoms with Crippen LogP contribution in [0.3, 0.4) is 0 Å². The first kappa shape index (κ1) is 13.1. The molecule has 0 aliphatic rings. The number of hydrogen-bond acceptors (Lipinski definition) is 1. The summed E-state index contributed by atoms with van der Waals surface area (Å²) in [7, 11) is 0. The normalized spacial score (nSPS) is 12.3. The van der Waals surface area contributed by atoms with Gasteiger partial charge in [0.25, 0.3) is 6.43 Å². The standard InChI is InChI=1S/C7H2BrF5IN/c8-3-1-2(14)4(7(11,12)13)5(15-3)6(9)10/h1,6H. The number of aromatic nitrogens is 1. The van der Waals surface area contributed by atoms with Crippen LogP contribution in [0.2, 0.25) is 0 Å². The maximum absolute atomic E-state index is 12.4. The fraction of sp³-hybridized carbons (Fsp3) is 0.286. The Hall–Kier alpha value is 0.01000. The van der Waals surface area contributed by atoms with Crippen molar-refractivity contribution in [2.45, 2.75) is 12.6 Å². The number of hydrogen-bond donors (Lipinski definition) is 0. The van der Waals surface area contributed by atoms with Gasteiger partial charge in [0.15, 0.2) is 0 Å². The van der Waals surface area contributed by atoms with E-state index in [-0.39, 0.29) is 8.17 Å². The molecule has 1 heterocycles.